The summed E-state index contributed by atoms with van der Waals surface area (Å²) in [5.41, 5.74) is 7.02. The molecule has 3 saturated heterocycles. The van der Waals surface area contributed by atoms with Gasteiger partial charge in [0.15, 0.2) is 11.5 Å². The average Bonchev–Trinajstić information content (AvgIpc) is 3.60. The number of amides is 1. The Kier molecular flexibility index (Phi) is 10.4. The van der Waals surface area contributed by atoms with E-state index in [1.54, 1.807) is 12.1 Å². The number of hydrogen-bond donors (Lipinski definition) is 5. The smallest absolute Gasteiger partial charge is 0.411 e. The zero-order chi connectivity index (χ0) is 37.0. The van der Waals surface area contributed by atoms with Crippen molar-refractivity contribution in [3.63, 3.8) is 0 Å². The number of phenols is 1. The van der Waals surface area contributed by atoms with Gasteiger partial charge < -0.3 is 29.7 Å². The van der Waals surface area contributed by atoms with E-state index < -0.39 is 12.2 Å². The Bertz CT molecular complexity index is 2310. The number of aryl methyl sites for hydroxylation is 2. The number of piperidine rings is 3. The fraction of sp³-hybridized carbons (Fsp3) is 0.326. The second-order valence-corrected chi connectivity index (χ2v) is 14.5. The van der Waals surface area contributed by atoms with Crippen molar-refractivity contribution in [1.29, 1.82) is 0 Å². The predicted molar refractivity (Wildman–Crippen MR) is 208 cm³/mol. The molecule has 3 aliphatic rings. The Hall–Kier alpha value is -5.49. The molecule has 1 amide bonds. The van der Waals surface area contributed by atoms with Crippen LogP contribution in [0, 0.1) is 5.92 Å². The Balaban J connectivity index is 0.849. The number of ether oxygens (including phenoxy) is 1. The van der Waals surface area contributed by atoms with Crippen molar-refractivity contribution in [2.75, 3.05) is 31.5 Å². The number of aromatic hydroxyl groups is 1. The lowest BCUT2D eigenvalue weighted by atomic mass is 9.86. The van der Waals surface area contributed by atoms with Crippen LogP contribution < -0.4 is 16.2 Å². The zero-order valence-electron chi connectivity index (χ0n) is 30.1. The van der Waals surface area contributed by atoms with Gasteiger partial charge in [0.05, 0.1) is 17.3 Å². The average molecular weight is 728 g/mol. The van der Waals surface area contributed by atoms with E-state index in [-0.39, 0.29) is 24.0 Å². The lowest BCUT2D eigenvalue weighted by Crippen LogP contribution is -2.52. The van der Waals surface area contributed by atoms with Gasteiger partial charge in [-0.25, -0.2) is 9.78 Å². The van der Waals surface area contributed by atoms with Crippen molar-refractivity contribution in [2.45, 2.75) is 57.3 Å². The number of benzene rings is 4. The first kappa shape index (κ1) is 35.5. The first-order chi connectivity index (χ1) is 26.4. The molecule has 2 aromatic heterocycles. The number of fused-ring (bicyclic) bond motifs is 5. The SMILES string of the molecule is O=C(Nc1cc(CCCCc2nc3ccc(CNC[C@H](O)c4ccc(O)c5[nH]c(=O)ccc45)cc3o2)ccc1-c1ccccc1)O[C@H]1CN2CCC1CC2. The molecule has 11 nitrogen and oxygen atoms in total. The molecule has 9 rings (SSSR count). The second kappa shape index (κ2) is 15.9. The molecular formula is C43H45N5O6. The van der Waals surface area contributed by atoms with E-state index in [2.05, 4.69) is 50.8 Å². The number of H-pyrrole nitrogens is 1. The van der Waals surface area contributed by atoms with Gasteiger partial charge in [-0.05, 0) is 104 Å². The summed E-state index contributed by atoms with van der Waals surface area (Å²) in [6.45, 7) is 3.79. The number of carbonyl (C=O) groups excluding carboxylic acids is 1. The summed E-state index contributed by atoms with van der Waals surface area (Å²) in [7, 11) is 0. The highest BCUT2D eigenvalue weighted by Crippen LogP contribution is 2.33. The topological polar surface area (TPSA) is 153 Å². The van der Waals surface area contributed by atoms with E-state index in [1.165, 1.54) is 12.1 Å². The van der Waals surface area contributed by atoms with Crippen molar-refractivity contribution in [3.8, 4) is 16.9 Å². The molecule has 0 spiro atoms. The van der Waals surface area contributed by atoms with Gasteiger partial charge in [0.2, 0.25) is 5.56 Å². The van der Waals surface area contributed by atoms with E-state index in [1.807, 2.05) is 36.4 Å². The number of nitrogens with one attached hydrogen (secondary N) is 3. The van der Waals surface area contributed by atoms with Gasteiger partial charge in [-0.15, -0.1) is 0 Å². The lowest BCUT2D eigenvalue weighted by molar-refractivity contribution is -0.0289. The highest BCUT2D eigenvalue weighted by molar-refractivity contribution is 5.92. The van der Waals surface area contributed by atoms with Crippen molar-refractivity contribution in [2.24, 2.45) is 5.92 Å². The van der Waals surface area contributed by atoms with Crippen LogP contribution in [-0.4, -0.2) is 63.5 Å². The number of hydrogen-bond acceptors (Lipinski definition) is 9. The maximum Gasteiger partial charge on any atom is 0.411 e. The standard InChI is InChI=1S/C43H45N5O6/c49-36-16-13-32(33-14-17-40(51)47-42(33)36)37(50)25-44-24-28-11-15-34-38(23-28)53-41(45-34)9-5-4-6-27-10-12-31(29-7-2-1-3-8-29)35(22-27)46-43(52)54-39-26-48-20-18-30(39)19-21-48/h1-3,7-8,10-17,22-23,30,37,39,44,49-50H,4-6,9,18-21,24-26H2,(H,46,52)(H,47,51)/t37-,39-/m0/s1. The van der Waals surface area contributed by atoms with Gasteiger partial charge in [-0.2, -0.15) is 0 Å². The molecular weight excluding hydrogens is 683 g/mol. The van der Waals surface area contributed by atoms with Crippen LogP contribution >= 0.6 is 0 Å². The van der Waals surface area contributed by atoms with Crippen molar-refractivity contribution >= 4 is 33.8 Å². The third-order valence-electron chi connectivity index (χ3n) is 10.8. The van der Waals surface area contributed by atoms with E-state index in [0.29, 0.717) is 41.2 Å². The molecule has 3 fully saturated rings. The molecule has 11 heteroatoms. The second-order valence-electron chi connectivity index (χ2n) is 14.5. The highest BCUT2D eigenvalue weighted by Gasteiger charge is 2.36. The number of oxazole rings is 1. The monoisotopic (exact) mass is 727 g/mol. The first-order valence-corrected chi connectivity index (χ1v) is 18.9. The van der Waals surface area contributed by atoms with Crippen LogP contribution in [-0.2, 0) is 24.1 Å². The van der Waals surface area contributed by atoms with Crippen LogP contribution in [0.25, 0.3) is 33.1 Å². The number of unbranched alkanes of at least 4 members (excludes halogenated alkanes) is 1. The van der Waals surface area contributed by atoms with Crippen LogP contribution in [0.5, 0.6) is 5.75 Å². The normalized spacial score (nSPS) is 18.6. The fourth-order valence-electron chi connectivity index (χ4n) is 7.89. The Labute approximate surface area is 313 Å². The lowest BCUT2D eigenvalue weighted by Gasteiger charge is -2.43. The summed E-state index contributed by atoms with van der Waals surface area (Å²) in [4.78, 5) is 34.6. The maximum absolute atomic E-state index is 13.2. The van der Waals surface area contributed by atoms with Crippen molar-refractivity contribution < 1.29 is 24.2 Å². The van der Waals surface area contributed by atoms with E-state index in [0.717, 1.165) is 90.8 Å². The minimum Gasteiger partial charge on any atom is -0.506 e. The third-order valence-corrected chi connectivity index (χ3v) is 10.8. The zero-order valence-corrected chi connectivity index (χ0v) is 30.1. The van der Waals surface area contributed by atoms with Gasteiger partial charge in [-0.3, -0.25) is 15.0 Å². The highest BCUT2D eigenvalue weighted by atomic mass is 16.6. The summed E-state index contributed by atoms with van der Waals surface area (Å²) >= 11 is 0. The molecule has 5 N–H and O–H groups in total. The van der Waals surface area contributed by atoms with Crippen molar-refractivity contribution in [1.82, 2.24) is 20.2 Å². The van der Waals surface area contributed by atoms with E-state index in [4.69, 9.17) is 14.1 Å². The molecule has 0 aliphatic carbocycles. The summed E-state index contributed by atoms with van der Waals surface area (Å²) < 4.78 is 12.1. The number of anilines is 1. The van der Waals surface area contributed by atoms with Crippen LogP contribution in [0.2, 0.25) is 0 Å². The molecule has 2 bridgehead atoms. The minimum atomic E-state index is -0.847. The number of rotatable bonds is 13. The number of pyridine rings is 1. The Morgan fingerprint density at radius 1 is 0.963 bits per heavy atom. The van der Waals surface area contributed by atoms with Crippen LogP contribution in [0.1, 0.15) is 54.4 Å². The minimum absolute atomic E-state index is 0.0404. The molecule has 4 aromatic carbocycles. The number of nitrogens with zero attached hydrogens (tertiary/aromatic N) is 2. The summed E-state index contributed by atoms with van der Waals surface area (Å²) in [6, 6.07) is 28.4. The number of aliphatic hydroxyl groups excluding tert-OH is 1. The number of aromatic amines is 1. The van der Waals surface area contributed by atoms with Gasteiger partial charge >= 0.3 is 6.09 Å². The van der Waals surface area contributed by atoms with E-state index in [9.17, 15) is 19.8 Å². The van der Waals surface area contributed by atoms with Crippen LogP contribution in [0.4, 0.5) is 10.5 Å². The molecule has 54 heavy (non-hydrogen) atoms. The van der Waals surface area contributed by atoms with Gasteiger partial charge in [-0.1, -0.05) is 54.6 Å². The Morgan fingerprint density at radius 2 is 1.78 bits per heavy atom. The number of aliphatic hydroxyl groups is 1. The molecule has 5 heterocycles. The van der Waals surface area contributed by atoms with Crippen molar-refractivity contribution in [3.05, 3.63) is 124 Å². The van der Waals surface area contributed by atoms with Crippen LogP contribution in [0.15, 0.2) is 100 Å². The summed E-state index contributed by atoms with van der Waals surface area (Å²) in [5.74, 6) is 1.10. The predicted octanol–water partition coefficient (Wildman–Crippen LogP) is 7.07. The fourth-order valence-corrected chi connectivity index (χ4v) is 7.89. The molecule has 6 aromatic rings. The van der Waals surface area contributed by atoms with E-state index >= 15 is 0 Å². The number of carbonyl (C=O) groups is 1. The molecule has 278 valence electrons. The largest absolute Gasteiger partial charge is 0.506 e. The molecule has 0 saturated carbocycles. The summed E-state index contributed by atoms with van der Waals surface area (Å²) in [6.07, 6.45) is 4.26. The molecule has 0 radical (unpaired) electrons. The molecule has 0 unspecified atom stereocenters. The maximum atomic E-state index is 13.2. The number of aromatic nitrogens is 2. The Morgan fingerprint density at radius 3 is 2.59 bits per heavy atom. The van der Waals surface area contributed by atoms with Gasteiger partial charge in [0.25, 0.3) is 0 Å². The summed E-state index contributed by atoms with van der Waals surface area (Å²) in [5, 5.41) is 28.0. The van der Waals surface area contributed by atoms with Gasteiger partial charge in [0.1, 0.15) is 17.4 Å². The van der Waals surface area contributed by atoms with Gasteiger partial charge in [0, 0.05) is 43.1 Å². The molecule has 3 aliphatic heterocycles. The third kappa shape index (κ3) is 8.03. The van der Waals surface area contributed by atoms with Crippen LogP contribution in [0.3, 0.4) is 0 Å². The quantitative estimate of drug-likeness (QED) is 0.0787. The number of phenolic OH excluding ortho intramolecular Hbond substituents is 1. The first-order valence-electron chi connectivity index (χ1n) is 18.9. The molecule has 2 atom stereocenters.